The highest BCUT2D eigenvalue weighted by Crippen LogP contribution is 2.20. The first-order chi connectivity index (χ1) is 12.7. The molecule has 0 aliphatic carbocycles. The van der Waals surface area contributed by atoms with Crippen molar-refractivity contribution in [2.75, 3.05) is 5.01 Å². The van der Waals surface area contributed by atoms with Crippen molar-refractivity contribution < 1.29 is 19.1 Å². The molecular weight excluding hydrogens is 416 g/mol. The summed E-state index contributed by atoms with van der Waals surface area (Å²) in [6.45, 7) is 5.14. The number of nitrogens with one attached hydrogen (secondary N) is 1. The Hall–Kier alpha value is -2.81. The topological polar surface area (TPSA) is 101 Å². The van der Waals surface area contributed by atoms with Gasteiger partial charge < -0.3 is 4.74 Å². The van der Waals surface area contributed by atoms with Crippen LogP contribution in [-0.4, -0.2) is 33.6 Å². The van der Waals surface area contributed by atoms with Crippen LogP contribution in [0.2, 0.25) is 0 Å². The first kappa shape index (κ1) is 20.5. The van der Waals surface area contributed by atoms with Gasteiger partial charge in [-0.15, -0.1) is 0 Å². The SMILES string of the molecule is CC(C)(C)OC(=O)N(NC(=O)CC(=O)c1ccnnc1)c1ccc(Br)cc1. The standard InChI is InChI=1S/C18H19BrN4O4/c1-18(2,3)27-17(26)23(14-6-4-13(19)5-7-14)22-16(25)10-15(24)12-8-9-20-21-11-12/h4-9,11H,10H2,1-3H3,(H,22,25). The van der Waals surface area contributed by atoms with Gasteiger partial charge in [0.15, 0.2) is 5.78 Å². The lowest BCUT2D eigenvalue weighted by Gasteiger charge is -2.27. The maximum atomic E-state index is 12.5. The predicted molar refractivity (Wildman–Crippen MR) is 102 cm³/mol. The molecule has 0 radical (unpaired) electrons. The number of halogens is 1. The normalized spacial score (nSPS) is 10.8. The summed E-state index contributed by atoms with van der Waals surface area (Å²) >= 11 is 3.31. The van der Waals surface area contributed by atoms with E-state index in [1.54, 1.807) is 45.0 Å². The fraction of sp³-hybridized carbons (Fsp3) is 0.278. The molecule has 2 amide bonds. The first-order valence-electron chi connectivity index (χ1n) is 8.04. The summed E-state index contributed by atoms with van der Waals surface area (Å²) in [4.78, 5) is 37.0. The number of anilines is 1. The van der Waals surface area contributed by atoms with Crippen molar-refractivity contribution in [2.45, 2.75) is 32.8 Å². The van der Waals surface area contributed by atoms with Gasteiger partial charge in [-0.05, 0) is 51.1 Å². The molecule has 27 heavy (non-hydrogen) atoms. The average Bonchev–Trinajstić information content (AvgIpc) is 2.60. The fourth-order valence-electron chi connectivity index (χ4n) is 1.98. The Morgan fingerprint density at radius 3 is 2.33 bits per heavy atom. The lowest BCUT2D eigenvalue weighted by atomic mass is 10.1. The molecule has 0 spiro atoms. The number of aromatic nitrogens is 2. The minimum absolute atomic E-state index is 0.257. The Morgan fingerprint density at radius 1 is 1.11 bits per heavy atom. The summed E-state index contributed by atoms with van der Waals surface area (Å²) in [5.41, 5.74) is 2.31. The fourth-order valence-corrected chi connectivity index (χ4v) is 2.25. The predicted octanol–water partition coefficient (Wildman–Crippen LogP) is 3.28. The smallest absolute Gasteiger partial charge is 0.434 e. The van der Waals surface area contributed by atoms with E-state index < -0.39 is 29.8 Å². The van der Waals surface area contributed by atoms with E-state index in [1.807, 2.05) is 0 Å². The van der Waals surface area contributed by atoms with E-state index in [4.69, 9.17) is 4.74 Å². The lowest BCUT2D eigenvalue weighted by molar-refractivity contribution is -0.120. The van der Waals surface area contributed by atoms with Gasteiger partial charge in [-0.2, -0.15) is 15.2 Å². The third-order valence-corrected chi connectivity index (χ3v) is 3.65. The number of hydrogen-bond donors (Lipinski definition) is 1. The number of hydrazine groups is 1. The summed E-state index contributed by atoms with van der Waals surface area (Å²) in [5.74, 6) is -1.10. The van der Waals surface area contributed by atoms with Crippen LogP contribution in [0, 0.1) is 0 Å². The van der Waals surface area contributed by atoms with E-state index in [-0.39, 0.29) is 5.56 Å². The zero-order chi connectivity index (χ0) is 20.0. The highest BCUT2D eigenvalue weighted by Gasteiger charge is 2.26. The molecule has 2 rings (SSSR count). The number of benzene rings is 1. The van der Waals surface area contributed by atoms with Crippen LogP contribution in [0.15, 0.2) is 47.2 Å². The van der Waals surface area contributed by atoms with Crippen molar-refractivity contribution >= 4 is 39.4 Å². The molecule has 9 heteroatoms. The van der Waals surface area contributed by atoms with Gasteiger partial charge in [-0.1, -0.05) is 15.9 Å². The largest absolute Gasteiger partial charge is 0.442 e. The minimum atomic E-state index is -0.767. The second-order valence-corrected chi connectivity index (χ2v) is 7.47. The molecule has 142 valence electrons. The molecule has 0 bridgehead atoms. The van der Waals surface area contributed by atoms with Crippen molar-refractivity contribution in [3.8, 4) is 0 Å². The Labute approximate surface area is 165 Å². The van der Waals surface area contributed by atoms with E-state index >= 15 is 0 Å². The Kier molecular flexibility index (Phi) is 6.62. The van der Waals surface area contributed by atoms with Crippen molar-refractivity contribution in [1.82, 2.24) is 15.6 Å². The second-order valence-electron chi connectivity index (χ2n) is 6.56. The van der Waals surface area contributed by atoms with E-state index in [1.165, 1.54) is 18.5 Å². The number of carbonyl (C=O) groups is 3. The highest BCUT2D eigenvalue weighted by molar-refractivity contribution is 9.10. The molecule has 0 saturated heterocycles. The Bertz CT molecular complexity index is 820. The summed E-state index contributed by atoms with van der Waals surface area (Å²) in [7, 11) is 0. The van der Waals surface area contributed by atoms with Gasteiger partial charge >= 0.3 is 6.09 Å². The van der Waals surface area contributed by atoms with Crippen LogP contribution in [0.1, 0.15) is 37.6 Å². The zero-order valence-corrected chi connectivity index (χ0v) is 16.7. The molecule has 0 unspecified atom stereocenters. The van der Waals surface area contributed by atoms with E-state index in [0.29, 0.717) is 5.69 Å². The molecule has 0 aliphatic heterocycles. The molecule has 0 saturated carbocycles. The Morgan fingerprint density at radius 2 is 1.78 bits per heavy atom. The molecule has 0 atom stereocenters. The van der Waals surface area contributed by atoms with E-state index in [2.05, 4.69) is 31.6 Å². The number of carbonyl (C=O) groups excluding carboxylic acids is 3. The van der Waals surface area contributed by atoms with Crippen LogP contribution in [0.5, 0.6) is 0 Å². The molecule has 1 heterocycles. The number of hydrogen-bond acceptors (Lipinski definition) is 6. The highest BCUT2D eigenvalue weighted by atomic mass is 79.9. The molecule has 1 aromatic carbocycles. The van der Waals surface area contributed by atoms with Crippen molar-refractivity contribution in [1.29, 1.82) is 0 Å². The summed E-state index contributed by atoms with van der Waals surface area (Å²) in [6, 6.07) is 8.15. The maximum absolute atomic E-state index is 12.5. The number of rotatable bonds is 4. The van der Waals surface area contributed by atoms with Crippen molar-refractivity contribution in [2.24, 2.45) is 0 Å². The molecular formula is C18H19BrN4O4. The van der Waals surface area contributed by atoms with Crippen LogP contribution in [0.25, 0.3) is 0 Å². The average molecular weight is 435 g/mol. The second kappa shape index (κ2) is 8.72. The number of nitrogens with zero attached hydrogens (tertiary/aromatic N) is 3. The van der Waals surface area contributed by atoms with Gasteiger partial charge in [-0.3, -0.25) is 15.0 Å². The van der Waals surface area contributed by atoms with E-state index in [0.717, 1.165) is 9.48 Å². The van der Waals surface area contributed by atoms with Gasteiger partial charge in [0.1, 0.15) is 5.60 Å². The van der Waals surface area contributed by atoms with Gasteiger partial charge in [0.05, 0.1) is 24.5 Å². The zero-order valence-electron chi connectivity index (χ0n) is 15.1. The molecule has 1 N–H and O–H groups in total. The summed E-state index contributed by atoms with van der Waals surface area (Å²) in [5, 5.41) is 8.16. The number of ketones is 1. The first-order valence-corrected chi connectivity index (χ1v) is 8.83. The van der Waals surface area contributed by atoms with Gasteiger partial charge in [0.25, 0.3) is 0 Å². The molecule has 0 fully saturated rings. The van der Waals surface area contributed by atoms with Crippen LogP contribution >= 0.6 is 15.9 Å². The summed E-state index contributed by atoms with van der Waals surface area (Å²) < 4.78 is 6.14. The number of ether oxygens (including phenoxy) is 1. The van der Waals surface area contributed by atoms with Crippen molar-refractivity contribution in [3.63, 3.8) is 0 Å². The van der Waals surface area contributed by atoms with Crippen LogP contribution in [0.3, 0.4) is 0 Å². The monoisotopic (exact) mass is 434 g/mol. The van der Waals surface area contributed by atoms with Crippen LogP contribution < -0.4 is 10.4 Å². The Balaban J connectivity index is 2.15. The maximum Gasteiger partial charge on any atom is 0.434 e. The number of amides is 2. The van der Waals surface area contributed by atoms with Crippen LogP contribution in [0.4, 0.5) is 10.5 Å². The lowest BCUT2D eigenvalue weighted by Crippen LogP contribution is -2.49. The number of Topliss-reactive ketones (excluding diaryl/α,β-unsaturated/α-hetero) is 1. The molecule has 0 aliphatic rings. The molecule has 1 aromatic heterocycles. The summed E-state index contributed by atoms with van der Waals surface area (Å²) in [6.07, 6.45) is 1.41. The van der Waals surface area contributed by atoms with E-state index in [9.17, 15) is 14.4 Å². The van der Waals surface area contributed by atoms with Gasteiger partial charge in [0.2, 0.25) is 5.91 Å². The third kappa shape index (κ3) is 6.45. The quantitative estimate of drug-likeness (QED) is 0.449. The van der Waals surface area contributed by atoms with Crippen molar-refractivity contribution in [3.05, 3.63) is 52.8 Å². The van der Waals surface area contributed by atoms with Gasteiger partial charge in [0, 0.05) is 10.0 Å². The minimum Gasteiger partial charge on any atom is -0.442 e. The van der Waals surface area contributed by atoms with Crippen LogP contribution in [-0.2, 0) is 9.53 Å². The molecule has 8 nitrogen and oxygen atoms in total. The van der Waals surface area contributed by atoms with Gasteiger partial charge in [-0.25, -0.2) is 4.79 Å². The third-order valence-electron chi connectivity index (χ3n) is 3.12. The molecule has 2 aromatic rings.